The van der Waals surface area contributed by atoms with Crippen LogP contribution in [0.1, 0.15) is 17.6 Å². The number of thiophene rings is 1. The van der Waals surface area contributed by atoms with Crippen molar-refractivity contribution in [3.8, 4) is 0 Å². The van der Waals surface area contributed by atoms with E-state index in [-0.39, 0.29) is 24.0 Å². The van der Waals surface area contributed by atoms with Gasteiger partial charge < -0.3 is 10.2 Å². The zero-order chi connectivity index (χ0) is 17.6. The summed E-state index contributed by atoms with van der Waals surface area (Å²) in [7, 11) is 2.06. The van der Waals surface area contributed by atoms with Gasteiger partial charge in [-0.25, -0.2) is 0 Å². The highest BCUT2D eigenvalue weighted by Gasteiger charge is 2.09. The van der Waals surface area contributed by atoms with Crippen molar-refractivity contribution in [2.75, 3.05) is 20.1 Å². The van der Waals surface area contributed by atoms with Gasteiger partial charge in [-0.3, -0.25) is 9.39 Å². The molecule has 0 fully saturated rings. The number of halogens is 2. The van der Waals surface area contributed by atoms with Gasteiger partial charge in [0.1, 0.15) is 5.82 Å². The minimum Gasteiger partial charge on any atom is -0.357 e. The summed E-state index contributed by atoms with van der Waals surface area (Å²) in [5, 5.41) is 11.8. The summed E-state index contributed by atoms with van der Waals surface area (Å²) in [6.07, 6.45) is 2.73. The molecule has 0 aliphatic carbocycles. The number of nitrogens with zero attached hydrogens (tertiary/aromatic N) is 5. The molecule has 26 heavy (non-hydrogen) atoms. The van der Waals surface area contributed by atoms with Gasteiger partial charge in [0.25, 0.3) is 0 Å². The molecule has 0 aliphatic rings. The number of nitrogens with one attached hydrogen (secondary N) is 1. The van der Waals surface area contributed by atoms with Crippen molar-refractivity contribution in [3.05, 3.63) is 51.0 Å². The average Bonchev–Trinajstić information content (AvgIpc) is 3.20. The Labute approximate surface area is 182 Å². The fourth-order valence-electron chi connectivity index (χ4n) is 2.54. The third-order valence-electron chi connectivity index (χ3n) is 3.70. The van der Waals surface area contributed by atoms with Gasteiger partial charge in [-0.1, -0.05) is 6.07 Å². The van der Waals surface area contributed by atoms with E-state index in [0.717, 1.165) is 40.7 Å². The fourth-order valence-corrected chi connectivity index (χ4v) is 4.07. The lowest BCUT2D eigenvalue weighted by molar-refractivity contribution is 0.481. The summed E-state index contributed by atoms with van der Waals surface area (Å²) >= 11 is 5.26. The van der Waals surface area contributed by atoms with E-state index >= 15 is 0 Å². The highest BCUT2D eigenvalue weighted by molar-refractivity contribution is 14.0. The number of rotatable bonds is 6. The second-order valence-corrected chi connectivity index (χ2v) is 8.14. The zero-order valence-corrected chi connectivity index (χ0v) is 19.5. The summed E-state index contributed by atoms with van der Waals surface area (Å²) in [4.78, 5) is 8.18. The number of hydrogen-bond donors (Lipinski definition) is 1. The largest absolute Gasteiger partial charge is 0.357 e. The number of aromatic nitrogens is 3. The first kappa shape index (κ1) is 21.1. The van der Waals surface area contributed by atoms with Crippen molar-refractivity contribution >= 4 is 62.9 Å². The van der Waals surface area contributed by atoms with Crippen LogP contribution in [0.2, 0.25) is 0 Å². The monoisotopic (exact) mass is 548 g/mol. The molecule has 0 bridgehead atoms. The summed E-state index contributed by atoms with van der Waals surface area (Å²) < 4.78 is 3.16. The third kappa shape index (κ3) is 5.40. The van der Waals surface area contributed by atoms with Gasteiger partial charge in [-0.05, 0) is 47.1 Å². The number of aliphatic imine (C=N–C) groups is 1. The van der Waals surface area contributed by atoms with Gasteiger partial charge in [0.2, 0.25) is 0 Å². The molecule has 9 heteroatoms. The summed E-state index contributed by atoms with van der Waals surface area (Å²) in [5.74, 6) is 1.83. The van der Waals surface area contributed by atoms with E-state index in [1.807, 2.05) is 28.8 Å². The van der Waals surface area contributed by atoms with Crippen LogP contribution in [0.25, 0.3) is 5.65 Å². The van der Waals surface area contributed by atoms with E-state index in [4.69, 9.17) is 4.99 Å². The lowest BCUT2D eigenvalue weighted by Gasteiger charge is -2.21. The molecule has 1 N–H and O–H groups in total. The Bertz CT molecular complexity index is 862. The normalized spacial score (nSPS) is 11.4. The lowest BCUT2D eigenvalue weighted by atomic mass is 10.4. The minimum atomic E-state index is 0. The van der Waals surface area contributed by atoms with Crippen LogP contribution in [0.3, 0.4) is 0 Å². The standard InChI is InChI=1S/C17H21BrN6S.HI/c1-3-19-17(23(2)12-13-7-8-14(18)25-13)20-10-9-16-22-21-15-6-4-5-11-24(15)16;/h4-8,11H,3,9-10,12H2,1-2H3,(H,19,20);1H. The second kappa shape index (κ2) is 10.2. The van der Waals surface area contributed by atoms with E-state index < -0.39 is 0 Å². The molecule has 0 saturated heterocycles. The van der Waals surface area contributed by atoms with Gasteiger partial charge >= 0.3 is 0 Å². The Morgan fingerprint density at radius 3 is 2.88 bits per heavy atom. The second-order valence-electron chi connectivity index (χ2n) is 5.59. The Kier molecular flexibility index (Phi) is 8.29. The highest BCUT2D eigenvalue weighted by Crippen LogP contribution is 2.22. The van der Waals surface area contributed by atoms with Crippen LogP contribution < -0.4 is 5.32 Å². The molecule has 0 spiro atoms. The summed E-state index contributed by atoms with van der Waals surface area (Å²) in [6, 6.07) is 10.1. The first-order valence-electron chi connectivity index (χ1n) is 8.19. The molecule has 3 aromatic rings. The topological polar surface area (TPSA) is 57.8 Å². The number of fused-ring (bicyclic) bond motifs is 1. The van der Waals surface area contributed by atoms with Crippen LogP contribution in [-0.4, -0.2) is 45.6 Å². The Balaban J connectivity index is 0.00000243. The van der Waals surface area contributed by atoms with Crippen molar-refractivity contribution in [1.82, 2.24) is 24.8 Å². The quantitative estimate of drug-likeness (QED) is 0.289. The number of pyridine rings is 1. The fraction of sp³-hybridized carbons (Fsp3) is 0.353. The van der Waals surface area contributed by atoms with Crippen LogP contribution in [-0.2, 0) is 13.0 Å². The molecule has 3 heterocycles. The van der Waals surface area contributed by atoms with Gasteiger partial charge in [-0.2, -0.15) is 0 Å². The lowest BCUT2D eigenvalue weighted by Crippen LogP contribution is -2.38. The molecule has 3 rings (SSSR count). The van der Waals surface area contributed by atoms with E-state index in [9.17, 15) is 0 Å². The highest BCUT2D eigenvalue weighted by atomic mass is 127. The van der Waals surface area contributed by atoms with Crippen molar-refractivity contribution in [3.63, 3.8) is 0 Å². The van der Waals surface area contributed by atoms with Gasteiger partial charge in [0, 0.05) is 37.6 Å². The Morgan fingerprint density at radius 2 is 2.15 bits per heavy atom. The maximum Gasteiger partial charge on any atom is 0.193 e. The predicted octanol–water partition coefficient (Wildman–Crippen LogP) is 3.81. The molecule has 0 aromatic carbocycles. The van der Waals surface area contributed by atoms with Crippen LogP contribution in [0, 0.1) is 0 Å². The Hall–Kier alpha value is -1.20. The van der Waals surface area contributed by atoms with Crippen LogP contribution in [0.15, 0.2) is 45.3 Å². The predicted molar refractivity (Wildman–Crippen MR) is 122 cm³/mol. The number of hydrogen-bond acceptors (Lipinski definition) is 4. The molecule has 140 valence electrons. The van der Waals surface area contributed by atoms with Crippen molar-refractivity contribution in [2.45, 2.75) is 19.9 Å². The maximum absolute atomic E-state index is 4.74. The average molecular weight is 549 g/mol. The van der Waals surface area contributed by atoms with Gasteiger partial charge in [-0.15, -0.1) is 45.5 Å². The van der Waals surface area contributed by atoms with Crippen molar-refractivity contribution in [1.29, 1.82) is 0 Å². The molecule has 0 atom stereocenters. The Morgan fingerprint density at radius 1 is 1.31 bits per heavy atom. The number of guanidine groups is 1. The van der Waals surface area contributed by atoms with Gasteiger partial charge in [0.05, 0.1) is 10.3 Å². The SMILES string of the molecule is CCNC(=NCCc1nnc2ccccn12)N(C)Cc1ccc(Br)s1.I. The molecule has 0 unspecified atom stereocenters. The molecule has 0 amide bonds. The molecular formula is C17H22BrIN6S. The van der Waals surface area contributed by atoms with Crippen LogP contribution >= 0.6 is 51.2 Å². The summed E-state index contributed by atoms with van der Waals surface area (Å²) in [6.45, 7) is 4.41. The van der Waals surface area contributed by atoms with E-state index in [1.54, 1.807) is 11.3 Å². The van der Waals surface area contributed by atoms with Crippen LogP contribution in [0.4, 0.5) is 0 Å². The smallest absolute Gasteiger partial charge is 0.193 e. The van der Waals surface area contributed by atoms with E-state index in [2.05, 4.69) is 62.4 Å². The molecule has 0 aliphatic heterocycles. The molecule has 0 saturated carbocycles. The first-order chi connectivity index (χ1) is 12.2. The van der Waals surface area contributed by atoms with Crippen LogP contribution in [0.5, 0.6) is 0 Å². The molecular weight excluding hydrogens is 527 g/mol. The van der Waals surface area contributed by atoms with E-state index in [1.165, 1.54) is 4.88 Å². The molecule has 6 nitrogen and oxygen atoms in total. The summed E-state index contributed by atoms with van der Waals surface area (Å²) in [5.41, 5.74) is 0.869. The maximum atomic E-state index is 4.74. The zero-order valence-electron chi connectivity index (χ0n) is 14.7. The minimum absolute atomic E-state index is 0. The van der Waals surface area contributed by atoms with Gasteiger partial charge in [0.15, 0.2) is 11.6 Å². The molecule has 0 radical (unpaired) electrons. The van der Waals surface area contributed by atoms with E-state index in [0.29, 0.717) is 6.54 Å². The third-order valence-corrected chi connectivity index (χ3v) is 5.31. The first-order valence-corrected chi connectivity index (χ1v) is 9.80. The van der Waals surface area contributed by atoms with Crippen molar-refractivity contribution < 1.29 is 0 Å². The molecule has 3 aromatic heterocycles. The van der Waals surface area contributed by atoms with Crippen molar-refractivity contribution in [2.24, 2.45) is 4.99 Å².